The quantitative estimate of drug-likeness (QED) is 0.465. The van der Waals surface area contributed by atoms with Crippen molar-refractivity contribution < 1.29 is 0 Å². The van der Waals surface area contributed by atoms with Crippen LogP contribution in [0.1, 0.15) is 26.3 Å². The molecule has 0 fully saturated rings. The molecule has 0 spiro atoms. The van der Waals surface area contributed by atoms with Crippen LogP contribution < -0.4 is 0 Å². The van der Waals surface area contributed by atoms with E-state index in [1.807, 2.05) is 0 Å². The SMILES string of the molecule is CCN(Cc1ccccc1[S+](c1ccccc1)c1ccccc1)C(C)C. The molecule has 0 heterocycles. The van der Waals surface area contributed by atoms with Crippen molar-refractivity contribution in [1.82, 2.24) is 4.90 Å². The van der Waals surface area contributed by atoms with Gasteiger partial charge in [0, 0.05) is 18.2 Å². The Morgan fingerprint density at radius 2 is 1.23 bits per heavy atom. The summed E-state index contributed by atoms with van der Waals surface area (Å²) in [6.45, 7) is 8.86. The van der Waals surface area contributed by atoms with Gasteiger partial charge >= 0.3 is 0 Å². The van der Waals surface area contributed by atoms with Gasteiger partial charge in [-0.15, -0.1) is 0 Å². The first-order valence-electron chi connectivity index (χ1n) is 9.37. The van der Waals surface area contributed by atoms with E-state index in [0.717, 1.165) is 13.1 Å². The Bertz CT molecular complexity index is 759. The Kier molecular flexibility index (Phi) is 6.54. The second kappa shape index (κ2) is 9.07. The Morgan fingerprint density at radius 3 is 1.73 bits per heavy atom. The van der Waals surface area contributed by atoms with Gasteiger partial charge in [0.05, 0.1) is 10.9 Å². The normalized spacial score (nSPS) is 11.5. The van der Waals surface area contributed by atoms with Crippen LogP contribution in [0.4, 0.5) is 0 Å². The number of hydrogen-bond donors (Lipinski definition) is 0. The molecule has 0 bridgehead atoms. The van der Waals surface area contributed by atoms with E-state index < -0.39 is 0 Å². The summed E-state index contributed by atoms with van der Waals surface area (Å²) in [5.74, 6) is 0. The molecule has 0 amide bonds. The van der Waals surface area contributed by atoms with E-state index in [0.29, 0.717) is 6.04 Å². The fraction of sp³-hybridized carbons (Fsp3) is 0.250. The van der Waals surface area contributed by atoms with Crippen LogP contribution in [0.3, 0.4) is 0 Å². The minimum Gasteiger partial charge on any atom is -0.297 e. The van der Waals surface area contributed by atoms with Crippen LogP contribution >= 0.6 is 0 Å². The molecule has 1 nitrogen and oxygen atoms in total. The van der Waals surface area contributed by atoms with Gasteiger partial charge in [0.25, 0.3) is 0 Å². The molecular formula is C24H28NS+. The van der Waals surface area contributed by atoms with E-state index in [2.05, 4.69) is 111 Å². The van der Waals surface area contributed by atoms with E-state index >= 15 is 0 Å². The minimum absolute atomic E-state index is 0.0845. The lowest BCUT2D eigenvalue weighted by Crippen LogP contribution is -2.30. The van der Waals surface area contributed by atoms with Crippen LogP contribution in [0.5, 0.6) is 0 Å². The summed E-state index contributed by atoms with van der Waals surface area (Å²) in [6, 6.07) is 31.3. The molecular weight excluding hydrogens is 334 g/mol. The summed E-state index contributed by atoms with van der Waals surface area (Å²) in [7, 11) is -0.0845. The molecule has 0 atom stereocenters. The van der Waals surface area contributed by atoms with E-state index in [1.165, 1.54) is 20.2 Å². The zero-order chi connectivity index (χ0) is 18.4. The zero-order valence-corrected chi connectivity index (χ0v) is 16.7. The molecule has 0 N–H and O–H groups in total. The second-order valence-electron chi connectivity index (χ2n) is 6.70. The van der Waals surface area contributed by atoms with Crippen LogP contribution in [-0.4, -0.2) is 17.5 Å². The summed E-state index contributed by atoms with van der Waals surface area (Å²) < 4.78 is 0. The average Bonchev–Trinajstić information content (AvgIpc) is 2.69. The van der Waals surface area contributed by atoms with Crippen LogP contribution in [-0.2, 0) is 17.4 Å². The van der Waals surface area contributed by atoms with Gasteiger partial charge in [0.15, 0.2) is 14.7 Å². The maximum Gasteiger partial charge on any atom is 0.171 e. The third-order valence-corrected chi connectivity index (χ3v) is 6.99. The van der Waals surface area contributed by atoms with Gasteiger partial charge < -0.3 is 0 Å². The van der Waals surface area contributed by atoms with Crippen LogP contribution in [0.25, 0.3) is 0 Å². The smallest absolute Gasteiger partial charge is 0.171 e. The highest BCUT2D eigenvalue weighted by Crippen LogP contribution is 2.33. The molecule has 0 aliphatic rings. The summed E-state index contributed by atoms with van der Waals surface area (Å²) in [4.78, 5) is 6.71. The van der Waals surface area contributed by atoms with Gasteiger partial charge in [-0.25, -0.2) is 0 Å². The van der Waals surface area contributed by atoms with Crippen molar-refractivity contribution in [3.63, 3.8) is 0 Å². The number of rotatable bonds is 7. The van der Waals surface area contributed by atoms with Crippen molar-refractivity contribution >= 4 is 10.9 Å². The molecule has 3 aromatic carbocycles. The zero-order valence-electron chi connectivity index (χ0n) is 15.9. The molecule has 0 saturated carbocycles. The highest BCUT2D eigenvalue weighted by atomic mass is 32.2. The van der Waals surface area contributed by atoms with E-state index in [4.69, 9.17) is 0 Å². The summed E-state index contributed by atoms with van der Waals surface area (Å²) >= 11 is 0. The molecule has 3 rings (SSSR count). The van der Waals surface area contributed by atoms with Crippen LogP contribution in [0, 0.1) is 0 Å². The van der Waals surface area contributed by atoms with Crippen LogP contribution in [0.15, 0.2) is 99.6 Å². The Morgan fingerprint density at radius 1 is 0.731 bits per heavy atom. The predicted molar refractivity (Wildman–Crippen MR) is 113 cm³/mol. The number of hydrogen-bond acceptors (Lipinski definition) is 1. The first kappa shape index (κ1) is 18.8. The molecule has 0 saturated heterocycles. The summed E-state index contributed by atoms with van der Waals surface area (Å²) in [6.07, 6.45) is 0. The van der Waals surface area contributed by atoms with Crippen molar-refractivity contribution in [3.05, 3.63) is 90.5 Å². The highest BCUT2D eigenvalue weighted by molar-refractivity contribution is 7.97. The van der Waals surface area contributed by atoms with Gasteiger partial charge in [-0.1, -0.05) is 61.5 Å². The average molecular weight is 363 g/mol. The van der Waals surface area contributed by atoms with Gasteiger partial charge in [0.1, 0.15) is 0 Å². The van der Waals surface area contributed by atoms with Crippen LogP contribution in [0.2, 0.25) is 0 Å². The Hall–Kier alpha value is -2.03. The van der Waals surface area contributed by atoms with Gasteiger partial charge in [-0.3, -0.25) is 4.90 Å². The standard InChI is InChI=1S/C24H28NS/c1-4-25(20(2)3)19-21-13-11-12-18-24(21)26(22-14-7-5-8-15-22)23-16-9-6-10-17-23/h5-18,20H,4,19H2,1-3H3/q+1. The third-order valence-electron chi connectivity index (χ3n) is 4.66. The van der Waals surface area contributed by atoms with Crippen molar-refractivity contribution in [2.45, 2.75) is 48.0 Å². The number of nitrogens with zero attached hydrogens (tertiary/aromatic N) is 1. The van der Waals surface area contributed by atoms with Crippen molar-refractivity contribution in [3.8, 4) is 0 Å². The molecule has 26 heavy (non-hydrogen) atoms. The fourth-order valence-corrected chi connectivity index (χ4v) is 5.46. The third kappa shape index (κ3) is 4.38. The summed E-state index contributed by atoms with van der Waals surface area (Å²) in [5, 5.41) is 0. The fourth-order valence-electron chi connectivity index (χ4n) is 3.22. The highest BCUT2D eigenvalue weighted by Gasteiger charge is 2.31. The first-order chi connectivity index (χ1) is 12.7. The first-order valence-corrected chi connectivity index (χ1v) is 10.6. The maximum absolute atomic E-state index is 2.52. The largest absolute Gasteiger partial charge is 0.297 e. The lowest BCUT2D eigenvalue weighted by Gasteiger charge is -2.25. The Labute approximate surface area is 161 Å². The lowest BCUT2D eigenvalue weighted by molar-refractivity contribution is 0.223. The molecule has 134 valence electrons. The topological polar surface area (TPSA) is 3.24 Å². The van der Waals surface area contributed by atoms with Gasteiger partial charge in [-0.2, -0.15) is 0 Å². The minimum atomic E-state index is -0.0845. The van der Waals surface area contributed by atoms with E-state index in [9.17, 15) is 0 Å². The second-order valence-corrected chi connectivity index (χ2v) is 8.69. The molecule has 0 aliphatic carbocycles. The molecule has 0 radical (unpaired) electrons. The van der Waals surface area contributed by atoms with Crippen molar-refractivity contribution in [1.29, 1.82) is 0 Å². The number of benzene rings is 3. The van der Waals surface area contributed by atoms with Gasteiger partial charge in [0.2, 0.25) is 0 Å². The molecule has 2 heteroatoms. The summed E-state index contributed by atoms with van der Waals surface area (Å²) in [5.41, 5.74) is 1.43. The lowest BCUT2D eigenvalue weighted by atomic mass is 10.2. The molecule has 0 aromatic heterocycles. The monoisotopic (exact) mass is 362 g/mol. The molecule has 0 unspecified atom stereocenters. The van der Waals surface area contributed by atoms with Gasteiger partial charge in [-0.05, 0) is 50.7 Å². The Balaban J connectivity index is 2.08. The predicted octanol–water partition coefficient (Wildman–Crippen LogP) is 6.01. The van der Waals surface area contributed by atoms with Crippen molar-refractivity contribution in [2.75, 3.05) is 6.54 Å². The maximum atomic E-state index is 2.52. The molecule has 3 aromatic rings. The van der Waals surface area contributed by atoms with Crippen molar-refractivity contribution in [2.24, 2.45) is 0 Å². The van der Waals surface area contributed by atoms with E-state index in [-0.39, 0.29) is 10.9 Å². The van der Waals surface area contributed by atoms with E-state index in [1.54, 1.807) is 0 Å². The molecule has 0 aliphatic heterocycles.